The summed E-state index contributed by atoms with van der Waals surface area (Å²) in [6.45, 7) is 0. The van der Waals surface area contributed by atoms with Gasteiger partial charge in [0.1, 0.15) is 0 Å². The molecule has 0 aliphatic rings. The van der Waals surface area contributed by atoms with Gasteiger partial charge in [-0.25, -0.2) is 0 Å². The molecule has 6 nitrogen and oxygen atoms in total. The Kier molecular flexibility index (Phi) is 3.41. The molecular formula is C2HClF3NO5S2. The number of nitrogens with zero attached hydrogens (tertiary/aromatic N) is 1. The molecule has 0 bridgehead atoms. The maximum Gasteiger partial charge on any atom is 0.517 e. The van der Waals surface area contributed by atoms with E-state index in [1.165, 1.54) is 0 Å². The summed E-state index contributed by atoms with van der Waals surface area (Å²) in [6.07, 6.45) is -1.06. The number of hydrogen-bond donors (Lipinski definition) is 0. The van der Waals surface area contributed by atoms with Crippen LogP contribution in [0.2, 0.25) is 0 Å². The van der Waals surface area contributed by atoms with Crippen LogP contribution < -0.4 is 0 Å². The number of rotatable bonds is 3. The molecule has 14 heavy (non-hydrogen) atoms. The van der Waals surface area contributed by atoms with Crippen molar-refractivity contribution in [3.63, 3.8) is 0 Å². The van der Waals surface area contributed by atoms with E-state index in [1.807, 2.05) is 0 Å². The summed E-state index contributed by atoms with van der Waals surface area (Å²) < 4.78 is 74.7. The highest BCUT2D eigenvalue weighted by Crippen LogP contribution is 2.28. The first-order chi connectivity index (χ1) is 5.94. The van der Waals surface area contributed by atoms with Crippen molar-refractivity contribution in [1.82, 2.24) is 3.71 Å². The molecule has 0 spiro atoms. The van der Waals surface area contributed by atoms with Crippen LogP contribution in [-0.4, -0.2) is 32.5 Å². The molecule has 0 heterocycles. The molecule has 1 amide bonds. The molecule has 12 heteroatoms. The van der Waals surface area contributed by atoms with E-state index in [0.29, 0.717) is 0 Å². The maximum atomic E-state index is 11.7. The molecular weight excluding hydrogens is 275 g/mol. The highest BCUT2D eigenvalue weighted by molar-refractivity contribution is 8.18. The first-order valence-electron chi connectivity index (χ1n) is 2.45. The third-order valence-electron chi connectivity index (χ3n) is 0.830. The molecule has 0 N–H and O–H groups in total. The van der Waals surface area contributed by atoms with Crippen molar-refractivity contribution in [3.05, 3.63) is 0 Å². The number of halogens is 4. The van der Waals surface area contributed by atoms with Crippen molar-refractivity contribution in [1.29, 1.82) is 0 Å². The fraction of sp³-hybridized carbons (Fsp3) is 0.500. The average Bonchev–Trinajstić information content (AvgIpc) is 1.80. The van der Waals surface area contributed by atoms with E-state index in [0.717, 1.165) is 0 Å². The summed E-state index contributed by atoms with van der Waals surface area (Å²) in [6, 6.07) is 0. The molecule has 0 radical (unpaired) electrons. The van der Waals surface area contributed by atoms with Crippen molar-refractivity contribution in [2.24, 2.45) is 0 Å². The molecule has 0 aliphatic carbocycles. The van der Waals surface area contributed by atoms with E-state index in [-0.39, 0.29) is 0 Å². The molecule has 0 aliphatic heterocycles. The molecule has 0 saturated carbocycles. The van der Waals surface area contributed by atoms with Crippen LogP contribution in [0.15, 0.2) is 0 Å². The van der Waals surface area contributed by atoms with Gasteiger partial charge in [-0.15, -0.1) is 3.71 Å². The highest BCUT2D eigenvalue weighted by atomic mass is 35.7. The minimum absolute atomic E-state index is 1.06. The largest absolute Gasteiger partial charge is 0.517 e. The first kappa shape index (κ1) is 13.4. The summed E-state index contributed by atoms with van der Waals surface area (Å²) in [5.74, 6) is 0. The van der Waals surface area contributed by atoms with Gasteiger partial charge in [0.05, 0.1) is 0 Å². The van der Waals surface area contributed by atoms with Crippen molar-refractivity contribution in [3.8, 4) is 0 Å². The number of alkyl halides is 3. The van der Waals surface area contributed by atoms with Gasteiger partial charge in [-0.3, -0.25) is 4.79 Å². The Labute approximate surface area is 80.9 Å². The van der Waals surface area contributed by atoms with Crippen molar-refractivity contribution in [2.75, 3.05) is 0 Å². The lowest BCUT2D eigenvalue weighted by Crippen LogP contribution is -2.41. The van der Waals surface area contributed by atoms with Gasteiger partial charge in [0.15, 0.2) is 0 Å². The Hall–Kier alpha value is -0.550. The quantitative estimate of drug-likeness (QED) is 0.525. The van der Waals surface area contributed by atoms with Gasteiger partial charge >= 0.3 is 24.8 Å². The third-order valence-corrected chi connectivity index (χ3v) is 4.36. The van der Waals surface area contributed by atoms with Gasteiger partial charge < -0.3 is 0 Å². The number of carbonyl (C=O) groups is 1. The fourth-order valence-electron chi connectivity index (χ4n) is 0.327. The van der Waals surface area contributed by atoms with E-state index in [1.54, 1.807) is 0 Å². The second-order valence-electron chi connectivity index (χ2n) is 1.72. The van der Waals surface area contributed by atoms with Crippen molar-refractivity contribution in [2.45, 2.75) is 5.51 Å². The van der Waals surface area contributed by atoms with Crippen LogP contribution in [0.1, 0.15) is 0 Å². The van der Waals surface area contributed by atoms with E-state index in [4.69, 9.17) is 0 Å². The summed E-state index contributed by atoms with van der Waals surface area (Å²) in [4.78, 5) is 9.83. The summed E-state index contributed by atoms with van der Waals surface area (Å²) in [5, 5.41) is 0. The van der Waals surface area contributed by atoms with Gasteiger partial charge in [0, 0.05) is 10.7 Å². The summed E-state index contributed by atoms with van der Waals surface area (Å²) in [5.41, 5.74) is -5.92. The number of hydrogen-bond acceptors (Lipinski definition) is 5. The Morgan fingerprint density at radius 2 is 1.50 bits per heavy atom. The molecule has 0 saturated heterocycles. The number of sulfonamides is 1. The van der Waals surface area contributed by atoms with Crippen LogP contribution in [0.3, 0.4) is 0 Å². The standard InChI is InChI=1S/C2HClF3NO5S2/c3-14(11,12)7(1-8)13(9,10)2(4,5)6/h1H. The lowest BCUT2D eigenvalue weighted by Gasteiger charge is -2.14. The lowest BCUT2D eigenvalue weighted by molar-refractivity contribution is -0.112. The van der Waals surface area contributed by atoms with Crippen molar-refractivity contribution < 1.29 is 34.8 Å². The smallest absolute Gasteiger partial charge is 0.276 e. The van der Waals surface area contributed by atoms with E-state index in [9.17, 15) is 34.8 Å². The highest BCUT2D eigenvalue weighted by Gasteiger charge is 2.53. The van der Waals surface area contributed by atoms with Crippen molar-refractivity contribution >= 4 is 36.4 Å². The predicted octanol–water partition coefficient (Wildman–Crippen LogP) is -0.222. The second kappa shape index (κ2) is 3.55. The minimum Gasteiger partial charge on any atom is -0.276 e. The zero-order valence-electron chi connectivity index (χ0n) is 5.89. The normalized spacial score (nSPS) is 13.7. The molecule has 0 unspecified atom stereocenters. The second-order valence-corrected chi connectivity index (χ2v) is 6.15. The van der Waals surface area contributed by atoms with Gasteiger partial charge in [0.2, 0.25) is 6.41 Å². The van der Waals surface area contributed by atoms with Crippen LogP contribution in [0, 0.1) is 0 Å². The molecule has 0 rings (SSSR count). The summed E-state index contributed by atoms with van der Waals surface area (Å²) >= 11 is 0. The minimum atomic E-state index is -6.30. The third kappa shape index (κ3) is 2.48. The fourth-order valence-corrected chi connectivity index (χ4v) is 2.70. The molecule has 0 aromatic heterocycles. The molecule has 0 aromatic rings. The Morgan fingerprint density at radius 1 is 1.14 bits per heavy atom. The molecule has 0 atom stereocenters. The average molecular weight is 276 g/mol. The van der Waals surface area contributed by atoms with Gasteiger partial charge in [-0.1, -0.05) is 0 Å². The van der Waals surface area contributed by atoms with E-state index >= 15 is 0 Å². The molecule has 84 valence electrons. The van der Waals surface area contributed by atoms with E-state index in [2.05, 4.69) is 10.7 Å². The first-order valence-corrected chi connectivity index (χ1v) is 6.16. The van der Waals surface area contributed by atoms with Gasteiger partial charge in [-0.05, 0) is 0 Å². The molecule has 0 fully saturated rings. The van der Waals surface area contributed by atoms with E-state index < -0.39 is 34.9 Å². The van der Waals surface area contributed by atoms with Crippen LogP contribution in [0.4, 0.5) is 13.2 Å². The lowest BCUT2D eigenvalue weighted by atomic mass is 11.5. The number of carbonyl (C=O) groups excluding carboxylic acids is 1. The predicted molar refractivity (Wildman–Crippen MR) is 37.7 cm³/mol. The number of amides is 1. The zero-order valence-corrected chi connectivity index (χ0v) is 8.28. The van der Waals surface area contributed by atoms with Gasteiger partial charge in [0.25, 0.3) is 0 Å². The maximum absolute atomic E-state index is 11.7. The summed E-state index contributed by atoms with van der Waals surface area (Å²) in [7, 11) is -7.35. The van der Waals surface area contributed by atoms with Crippen LogP contribution in [-0.2, 0) is 24.1 Å². The topological polar surface area (TPSA) is 88.6 Å². The molecule has 0 aromatic carbocycles. The Balaban J connectivity index is 5.64. The monoisotopic (exact) mass is 275 g/mol. The zero-order chi connectivity index (χ0) is 11.8. The Morgan fingerprint density at radius 3 is 1.57 bits per heavy atom. The van der Waals surface area contributed by atoms with Crippen LogP contribution >= 0.6 is 10.7 Å². The Bertz CT molecular complexity index is 422. The van der Waals surface area contributed by atoms with Crippen LogP contribution in [0.5, 0.6) is 0 Å². The van der Waals surface area contributed by atoms with Gasteiger partial charge in [-0.2, -0.15) is 30.0 Å². The van der Waals surface area contributed by atoms with Crippen LogP contribution in [0.25, 0.3) is 0 Å². The SMILES string of the molecule is O=CN(S(=O)(=O)Cl)S(=O)(=O)C(F)(F)F.